The number of aromatic nitrogens is 3. The van der Waals surface area contributed by atoms with Gasteiger partial charge in [0.1, 0.15) is 4.70 Å². The van der Waals surface area contributed by atoms with Crippen molar-refractivity contribution in [2.45, 2.75) is 0 Å². The number of fused-ring (bicyclic) bond motifs is 1. The quantitative estimate of drug-likeness (QED) is 0.470. The standard InChI is InChI=1S/C18H10BrClFN3O3S/c1-27-14-3-10(11(20)4-12(14)21)15-5-13-16(28-15)17(25)24(18(26)23-13)9-2-8(19)6-22-7-9/h2-7H,1H3,(H,23,26). The van der Waals surface area contributed by atoms with Crippen molar-refractivity contribution in [1.29, 1.82) is 0 Å². The second-order valence-electron chi connectivity index (χ2n) is 5.75. The summed E-state index contributed by atoms with van der Waals surface area (Å²) >= 11 is 10.6. The fourth-order valence-corrected chi connectivity index (χ4v) is 4.51. The maximum Gasteiger partial charge on any atom is 0.333 e. The van der Waals surface area contributed by atoms with Crippen molar-refractivity contribution < 1.29 is 9.13 Å². The summed E-state index contributed by atoms with van der Waals surface area (Å²) in [6.07, 6.45) is 2.97. The van der Waals surface area contributed by atoms with Gasteiger partial charge in [0.15, 0.2) is 11.6 Å². The molecule has 142 valence electrons. The van der Waals surface area contributed by atoms with Gasteiger partial charge >= 0.3 is 5.69 Å². The van der Waals surface area contributed by atoms with E-state index < -0.39 is 17.1 Å². The molecule has 0 fully saturated rings. The minimum Gasteiger partial charge on any atom is -0.494 e. The Morgan fingerprint density at radius 2 is 2.04 bits per heavy atom. The number of methoxy groups -OCH3 is 1. The highest BCUT2D eigenvalue weighted by atomic mass is 79.9. The first kappa shape index (κ1) is 18.9. The molecule has 0 radical (unpaired) electrons. The highest BCUT2D eigenvalue weighted by Gasteiger charge is 2.17. The molecule has 0 aliphatic carbocycles. The summed E-state index contributed by atoms with van der Waals surface area (Å²) < 4.78 is 20.8. The number of halogens is 3. The van der Waals surface area contributed by atoms with Crippen molar-refractivity contribution in [3.05, 3.63) is 72.8 Å². The van der Waals surface area contributed by atoms with Gasteiger partial charge in [0.2, 0.25) is 0 Å². The molecule has 0 aliphatic heterocycles. The molecular weight excluding hydrogens is 473 g/mol. The van der Waals surface area contributed by atoms with Crippen molar-refractivity contribution in [3.8, 4) is 21.9 Å². The summed E-state index contributed by atoms with van der Waals surface area (Å²) in [7, 11) is 1.35. The number of thiophene rings is 1. The van der Waals surface area contributed by atoms with E-state index in [-0.39, 0.29) is 10.8 Å². The highest BCUT2D eigenvalue weighted by Crippen LogP contribution is 2.38. The lowest BCUT2D eigenvalue weighted by atomic mass is 10.1. The van der Waals surface area contributed by atoms with Crippen LogP contribution in [0.15, 0.2) is 50.7 Å². The van der Waals surface area contributed by atoms with Crippen molar-refractivity contribution in [1.82, 2.24) is 14.5 Å². The van der Waals surface area contributed by atoms with Gasteiger partial charge in [0.25, 0.3) is 5.56 Å². The third kappa shape index (κ3) is 3.15. The third-order valence-electron chi connectivity index (χ3n) is 4.03. The molecule has 6 nitrogen and oxygen atoms in total. The number of hydrogen-bond acceptors (Lipinski definition) is 5. The largest absolute Gasteiger partial charge is 0.494 e. The molecule has 3 heterocycles. The van der Waals surface area contributed by atoms with E-state index in [1.165, 1.54) is 19.4 Å². The van der Waals surface area contributed by atoms with Crippen LogP contribution in [0, 0.1) is 5.82 Å². The number of pyridine rings is 1. The van der Waals surface area contributed by atoms with Gasteiger partial charge in [0, 0.05) is 21.1 Å². The third-order valence-corrected chi connectivity index (χ3v) is 5.93. The molecule has 1 N–H and O–H groups in total. The molecule has 0 bridgehead atoms. The van der Waals surface area contributed by atoms with Gasteiger partial charge in [-0.25, -0.2) is 13.8 Å². The van der Waals surface area contributed by atoms with Crippen LogP contribution in [-0.4, -0.2) is 21.6 Å². The zero-order chi connectivity index (χ0) is 20.0. The first-order chi connectivity index (χ1) is 13.4. The van der Waals surface area contributed by atoms with Gasteiger partial charge in [0.05, 0.1) is 29.5 Å². The maximum absolute atomic E-state index is 13.8. The average Bonchev–Trinajstić information content (AvgIpc) is 3.06. The summed E-state index contributed by atoms with van der Waals surface area (Å²) in [5, 5.41) is 0.170. The number of benzene rings is 1. The molecule has 4 rings (SSSR count). The Morgan fingerprint density at radius 3 is 2.75 bits per heavy atom. The molecule has 3 aromatic heterocycles. The topological polar surface area (TPSA) is 77.0 Å². The second kappa shape index (κ2) is 7.16. The molecule has 0 saturated carbocycles. The van der Waals surface area contributed by atoms with Gasteiger partial charge in [-0.05, 0) is 40.2 Å². The smallest absolute Gasteiger partial charge is 0.333 e. The van der Waals surface area contributed by atoms with Crippen LogP contribution in [0.4, 0.5) is 4.39 Å². The number of nitrogens with zero attached hydrogens (tertiary/aromatic N) is 2. The summed E-state index contributed by atoms with van der Waals surface area (Å²) in [6.45, 7) is 0. The monoisotopic (exact) mass is 481 g/mol. The lowest BCUT2D eigenvalue weighted by Gasteiger charge is -2.06. The Hall–Kier alpha value is -2.49. The summed E-state index contributed by atoms with van der Waals surface area (Å²) in [4.78, 5) is 32.7. The number of aromatic amines is 1. The molecule has 0 atom stereocenters. The molecular formula is C18H10BrClFN3O3S. The average molecular weight is 483 g/mol. The fourth-order valence-electron chi connectivity index (χ4n) is 2.77. The van der Waals surface area contributed by atoms with E-state index in [2.05, 4.69) is 25.9 Å². The van der Waals surface area contributed by atoms with E-state index in [0.29, 0.717) is 30.8 Å². The molecule has 0 amide bonds. The van der Waals surface area contributed by atoms with Gasteiger partial charge < -0.3 is 9.72 Å². The Bertz CT molecular complexity index is 1350. The molecule has 0 aliphatic rings. The van der Waals surface area contributed by atoms with Crippen molar-refractivity contribution in [2.24, 2.45) is 0 Å². The summed E-state index contributed by atoms with van der Waals surface area (Å²) in [5.74, 6) is -0.557. The van der Waals surface area contributed by atoms with Crippen LogP contribution < -0.4 is 16.0 Å². The Morgan fingerprint density at radius 1 is 1.25 bits per heavy atom. The van der Waals surface area contributed by atoms with Crippen molar-refractivity contribution in [3.63, 3.8) is 0 Å². The van der Waals surface area contributed by atoms with Crippen LogP contribution in [0.3, 0.4) is 0 Å². The number of nitrogens with one attached hydrogen (secondary N) is 1. The number of hydrogen-bond donors (Lipinski definition) is 1. The van der Waals surface area contributed by atoms with Crippen LogP contribution in [0.1, 0.15) is 0 Å². The number of ether oxygens (including phenoxy) is 1. The van der Waals surface area contributed by atoms with Gasteiger partial charge in [-0.15, -0.1) is 11.3 Å². The van der Waals surface area contributed by atoms with E-state index in [1.54, 1.807) is 18.3 Å². The van der Waals surface area contributed by atoms with E-state index in [4.69, 9.17) is 16.3 Å². The first-order valence-corrected chi connectivity index (χ1v) is 9.81. The molecule has 1 aromatic carbocycles. The Balaban J connectivity index is 1.96. The highest BCUT2D eigenvalue weighted by molar-refractivity contribution is 9.10. The van der Waals surface area contributed by atoms with E-state index >= 15 is 0 Å². The molecule has 0 saturated heterocycles. The SMILES string of the molecule is COc1cc(-c2cc3[nH]c(=O)n(-c4cncc(Br)c4)c(=O)c3s2)c(Cl)cc1F. The number of H-pyrrole nitrogens is 1. The van der Waals surface area contributed by atoms with Crippen LogP contribution in [0.2, 0.25) is 5.02 Å². The zero-order valence-electron chi connectivity index (χ0n) is 14.1. The predicted octanol–water partition coefficient (Wildman–Crippen LogP) is 4.37. The van der Waals surface area contributed by atoms with Crippen LogP contribution in [-0.2, 0) is 0 Å². The lowest BCUT2D eigenvalue weighted by Crippen LogP contribution is -2.33. The normalized spacial score (nSPS) is 11.1. The van der Waals surface area contributed by atoms with Crippen LogP contribution in [0.25, 0.3) is 26.3 Å². The molecule has 4 aromatic rings. The Kier molecular flexibility index (Phi) is 4.82. The van der Waals surface area contributed by atoms with Gasteiger partial charge in [-0.3, -0.25) is 9.78 Å². The van der Waals surface area contributed by atoms with Crippen molar-refractivity contribution in [2.75, 3.05) is 7.11 Å². The van der Waals surface area contributed by atoms with Crippen LogP contribution in [0.5, 0.6) is 5.75 Å². The zero-order valence-corrected chi connectivity index (χ0v) is 17.3. The molecule has 0 unspecified atom stereocenters. The first-order valence-electron chi connectivity index (χ1n) is 7.82. The maximum atomic E-state index is 13.8. The predicted molar refractivity (Wildman–Crippen MR) is 110 cm³/mol. The van der Waals surface area contributed by atoms with E-state index in [0.717, 1.165) is 22.0 Å². The minimum atomic E-state index is -0.593. The van der Waals surface area contributed by atoms with Gasteiger partial charge in [-0.1, -0.05) is 11.6 Å². The Labute approximate surface area is 174 Å². The molecule has 0 spiro atoms. The number of rotatable bonds is 3. The summed E-state index contributed by atoms with van der Waals surface area (Å²) in [6, 6.07) is 5.85. The molecule has 10 heteroatoms. The second-order valence-corrected chi connectivity index (χ2v) is 8.13. The van der Waals surface area contributed by atoms with E-state index in [9.17, 15) is 14.0 Å². The fraction of sp³-hybridized carbons (Fsp3) is 0.0556. The van der Waals surface area contributed by atoms with E-state index in [1.807, 2.05) is 0 Å². The minimum absolute atomic E-state index is 0.0305. The van der Waals surface area contributed by atoms with Crippen molar-refractivity contribution >= 4 is 49.1 Å². The van der Waals surface area contributed by atoms with Crippen LogP contribution >= 0.6 is 38.9 Å². The molecule has 28 heavy (non-hydrogen) atoms. The summed E-state index contributed by atoms with van der Waals surface area (Å²) in [5.41, 5.74) is 0.120. The lowest BCUT2D eigenvalue weighted by molar-refractivity contribution is 0.387. The van der Waals surface area contributed by atoms with Gasteiger partial charge in [-0.2, -0.15) is 0 Å².